The number of carbonyl (C=O) groups is 4. The standard InChI is InChI=1S/C50H62N6O12/c1-6-32-29(2)38-26-43-36-10-7-35(48(61)62)47(49(63)64)50(36,5)44(56-43)28-39-31(4)34(9-12-46(60)52-14-18-66-22-24-68-20-16-58)42(55-39)27-41-33(30(3)37(54-41)25-40(32)53-38)8-11-45(59)51-13-17-65-21-23-67-19-15-57/h6-7,10,25-28,47,53,55,57-58H,1,8-9,11-24H2,2-5H3,(H,51,59)(H,52,60)(H,61,62)(H,63,64)/p+1. The van der Waals surface area contributed by atoms with Crippen LogP contribution in [0, 0.1) is 19.8 Å². The number of H-pyrrole nitrogens is 2. The lowest BCUT2D eigenvalue weighted by atomic mass is 9.64. The molecule has 18 heteroatoms. The predicted octanol–water partition coefficient (Wildman–Crippen LogP) is 4.30. The van der Waals surface area contributed by atoms with E-state index in [9.17, 15) is 29.4 Å². The molecular weight excluding hydrogens is 877 g/mol. The number of aryl methyl sites for hydroxylation is 3. The molecule has 0 saturated carbocycles. The number of amides is 2. The summed E-state index contributed by atoms with van der Waals surface area (Å²) in [4.78, 5) is 69.5. The van der Waals surface area contributed by atoms with Gasteiger partial charge in [-0.15, -0.1) is 0 Å². The van der Waals surface area contributed by atoms with Crippen molar-refractivity contribution in [2.24, 2.45) is 5.92 Å². The number of ether oxygens (including phenoxy) is 4. The number of aromatic nitrogens is 4. The third kappa shape index (κ3) is 11.7. The number of aliphatic hydroxyl groups excluding tert-OH is 1. The van der Waals surface area contributed by atoms with Gasteiger partial charge in [-0.1, -0.05) is 24.8 Å². The third-order valence-electron chi connectivity index (χ3n) is 12.5. The van der Waals surface area contributed by atoms with Crippen molar-refractivity contribution >= 4 is 68.6 Å². The molecule has 68 heavy (non-hydrogen) atoms. The number of rotatable bonds is 25. The highest BCUT2D eigenvalue weighted by Gasteiger charge is 2.53. The summed E-state index contributed by atoms with van der Waals surface area (Å²) in [5.41, 5.74) is 8.53. The Hall–Kier alpha value is -6.28. The number of carboxylic acid groups (broad SMARTS) is 2. The minimum Gasteiger partial charge on any atom is -0.481 e. The number of aromatic amines is 2. The molecule has 2 aliphatic heterocycles. The fourth-order valence-corrected chi connectivity index (χ4v) is 8.87. The van der Waals surface area contributed by atoms with Crippen molar-refractivity contribution in [1.29, 1.82) is 0 Å². The van der Waals surface area contributed by atoms with Gasteiger partial charge in [-0.3, -0.25) is 19.4 Å². The number of nitrogens with one attached hydrogen (secondary N) is 4. The number of hydrogen-bond acceptors (Lipinski definition) is 11. The number of nitrogens with zero attached hydrogens (tertiary/aromatic N) is 2. The van der Waals surface area contributed by atoms with Crippen molar-refractivity contribution in [3.63, 3.8) is 0 Å². The van der Waals surface area contributed by atoms with Crippen LogP contribution in [0.4, 0.5) is 0 Å². The van der Waals surface area contributed by atoms with Crippen LogP contribution in [0.1, 0.15) is 78.1 Å². The molecule has 6 rings (SSSR count). The molecule has 3 aromatic heterocycles. The monoisotopic (exact) mass is 939 g/mol. The first-order chi connectivity index (χ1) is 32.7. The Morgan fingerprint density at radius 2 is 1.34 bits per heavy atom. The van der Waals surface area contributed by atoms with Crippen molar-refractivity contribution in [3.8, 4) is 0 Å². The van der Waals surface area contributed by atoms with Crippen LogP contribution in [-0.4, -0.2) is 143 Å². The minimum absolute atomic E-state index is 0.0751. The van der Waals surface area contributed by atoms with Crippen molar-refractivity contribution < 1.29 is 58.6 Å². The van der Waals surface area contributed by atoms with Gasteiger partial charge in [0.15, 0.2) is 6.61 Å². The third-order valence-corrected chi connectivity index (χ3v) is 12.5. The molecule has 2 atom stereocenters. The molecule has 1 aliphatic carbocycles. The van der Waals surface area contributed by atoms with Crippen LogP contribution in [0.25, 0.3) is 44.9 Å². The van der Waals surface area contributed by atoms with E-state index in [4.69, 9.17) is 39.1 Å². The molecular formula is C50H63N6O12+. The highest BCUT2D eigenvalue weighted by Crippen LogP contribution is 2.52. The van der Waals surface area contributed by atoms with Crippen molar-refractivity contribution in [3.05, 3.63) is 93.6 Å². The summed E-state index contributed by atoms with van der Waals surface area (Å²) in [5, 5.41) is 42.8. The van der Waals surface area contributed by atoms with E-state index in [2.05, 4.69) is 27.2 Å². The van der Waals surface area contributed by atoms with Gasteiger partial charge in [0.2, 0.25) is 11.8 Å². The number of carbonyl (C=O) groups excluding carboxylic acids is 2. The van der Waals surface area contributed by atoms with Crippen LogP contribution in [0.5, 0.6) is 0 Å². The molecule has 8 bridgehead atoms. The number of carboxylic acids is 2. The van der Waals surface area contributed by atoms with Crippen LogP contribution >= 0.6 is 0 Å². The Morgan fingerprint density at radius 3 is 1.96 bits per heavy atom. The molecule has 0 saturated heterocycles. The SMILES string of the molecule is C=Cc1c(C)c2cc3nc(cc4[nH]c(cc5nc(cc1[nH]2)C(C)=C5CCC(=O)NCCOCCOCC[OH2+])c(CCC(=O)NCCOCCOCCO)c4C)C1(C)C3=CC=C(C(=O)O)C1C(=O)O. The molecule has 0 radical (unpaired) electrons. The zero-order chi connectivity index (χ0) is 49.0. The summed E-state index contributed by atoms with van der Waals surface area (Å²) >= 11 is 0. The Kier molecular flexibility index (Phi) is 17.8. The number of aliphatic carboxylic acids is 2. The molecule has 18 nitrogen and oxygen atoms in total. The van der Waals surface area contributed by atoms with Gasteiger partial charge in [0.25, 0.3) is 0 Å². The number of allylic oxidation sites excluding steroid dienone is 5. The Morgan fingerprint density at radius 1 is 0.750 bits per heavy atom. The molecule has 364 valence electrons. The average Bonchev–Trinajstić information content (AvgIpc) is 3.96. The molecule has 2 unspecified atom stereocenters. The van der Waals surface area contributed by atoms with Crippen LogP contribution in [0.15, 0.2) is 48.6 Å². The van der Waals surface area contributed by atoms with Crippen LogP contribution < -0.4 is 10.6 Å². The first kappa shape index (κ1) is 51.1. The second-order valence-electron chi connectivity index (χ2n) is 16.8. The second kappa shape index (κ2) is 23.6. The van der Waals surface area contributed by atoms with Gasteiger partial charge in [0.1, 0.15) is 12.5 Å². The zero-order valence-corrected chi connectivity index (χ0v) is 39.1. The quantitative estimate of drug-likeness (QED) is 0.0462. The van der Waals surface area contributed by atoms with E-state index in [0.29, 0.717) is 109 Å². The summed E-state index contributed by atoms with van der Waals surface area (Å²) in [6.07, 6.45) is 5.67. The largest absolute Gasteiger partial charge is 0.481 e. The van der Waals surface area contributed by atoms with Crippen LogP contribution in [0.3, 0.4) is 0 Å². The summed E-state index contributed by atoms with van der Waals surface area (Å²) in [5.74, 6) is -4.50. The first-order valence-corrected chi connectivity index (χ1v) is 22.8. The van der Waals surface area contributed by atoms with Gasteiger partial charge in [-0.25, -0.2) is 9.78 Å². The Labute approximate surface area is 394 Å². The molecule has 9 N–H and O–H groups in total. The van der Waals surface area contributed by atoms with Crippen molar-refractivity contribution in [1.82, 2.24) is 30.6 Å². The van der Waals surface area contributed by atoms with Gasteiger partial charge in [-0.2, -0.15) is 0 Å². The highest BCUT2D eigenvalue weighted by atomic mass is 16.5. The smallest absolute Gasteiger partial charge is 0.332 e. The molecule has 0 spiro atoms. The normalized spacial score (nSPS) is 16.5. The maximum atomic E-state index is 13.3. The molecule has 0 aromatic carbocycles. The van der Waals surface area contributed by atoms with E-state index in [-0.39, 0.29) is 63.2 Å². The maximum Gasteiger partial charge on any atom is 0.332 e. The number of aliphatic hydroxyl groups is 1. The van der Waals surface area contributed by atoms with E-state index >= 15 is 0 Å². The molecule has 3 aliphatic rings. The fourth-order valence-electron chi connectivity index (χ4n) is 8.87. The second-order valence-corrected chi connectivity index (χ2v) is 16.8. The predicted molar refractivity (Wildman–Crippen MR) is 258 cm³/mol. The topological polar surface area (TPSA) is 270 Å². The fraction of sp³-hybridized carbons (Fsp3) is 0.440. The summed E-state index contributed by atoms with van der Waals surface area (Å²) < 4.78 is 21.6. The Bertz CT molecular complexity index is 2660. The van der Waals surface area contributed by atoms with Crippen LogP contribution in [-0.2, 0) is 50.0 Å². The summed E-state index contributed by atoms with van der Waals surface area (Å²) in [7, 11) is 0. The van der Waals surface area contributed by atoms with E-state index in [1.165, 1.54) is 6.08 Å². The van der Waals surface area contributed by atoms with Gasteiger partial charge in [0.05, 0.1) is 86.6 Å². The lowest BCUT2D eigenvalue weighted by Crippen LogP contribution is -2.41. The van der Waals surface area contributed by atoms with E-state index < -0.39 is 23.3 Å². The van der Waals surface area contributed by atoms with Gasteiger partial charge in [-0.05, 0) is 98.2 Å². The molecule has 3 aromatic rings. The molecule has 2 amide bonds. The van der Waals surface area contributed by atoms with Gasteiger partial charge in [0, 0.05) is 53.6 Å². The van der Waals surface area contributed by atoms with Crippen molar-refractivity contribution in [2.75, 3.05) is 79.2 Å². The Balaban J connectivity index is 1.45. The lowest BCUT2D eigenvalue weighted by molar-refractivity contribution is -0.145. The van der Waals surface area contributed by atoms with Gasteiger partial charge >= 0.3 is 11.9 Å². The van der Waals surface area contributed by atoms with E-state index in [1.807, 2.05) is 39.0 Å². The van der Waals surface area contributed by atoms with Crippen molar-refractivity contribution in [2.45, 2.75) is 58.8 Å². The highest BCUT2D eigenvalue weighted by molar-refractivity contribution is 6.01. The summed E-state index contributed by atoms with van der Waals surface area (Å²) in [6.45, 7) is 14.9. The first-order valence-electron chi connectivity index (χ1n) is 22.8. The average molecular weight is 940 g/mol. The minimum atomic E-state index is -1.48. The maximum absolute atomic E-state index is 13.3. The lowest BCUT2D eigenvalue weighted by Gasteiger charge is -2.35. The number of fused-ring (bicyclic) bond motifs is 11. The zero-order valence-electron chi connectivity index (χ0n) is 39.1. The molecule has 0 fully saturated rings. The van der Waals surface area contributed by atoms with Gasteiger partial charge < -0.3 is 60.0 Å². The van der Waals surface area contributed by atoms with E-state index in [0.717, 1.165) is 33.4 Å². The molecule has 5 heterocycles. The van der Waals surface area contributed by atoms with E-state index in [1.54, 1.807) is 25.1 Å². The number of hydrogen-bond donors (Lipinski definition) is 7. The van der Waals surface area contributed by atoms with Crippen LogP contribution in [0.2, 0.25) is 0 Å². The summed E-state index contributed by atoms with van der Waals surface area (Å²) in [6, 6.07) is 7.45.